The molecule has 0 N–H and O–H groups in total. The van der Waals surface area contributed by atoms with Gasteiger partial charge in [0.15, 0.2) is 5.76 Å². The van der Waals surface area contributed by atoms with Gasteiger partial charge in [-0.05, 0) is 32.9 Å². The molecule has 0 atom stereocenters. The average molecular weight is 343 g/mol. The maximum absolute atomic E-state index is 12.4. The maximum Gasteiger partial charge on any atom is 0.289 e. The summed E-state index contributed by atoms with van der Waals surface area (Å²) >= 11 is 0. The molecule has 3 rings (SSSR count). The van der Waals surface area contributed by atoms with Crippen LogP contribution in [0.25, 0.3) is 0 Å². The number of anilines is 2. The van der Waals surface area contributed by atoms with Crippen LogP contribution >= 0.6 is 0 Å². The quantitative estimate of drug-likeness (QED) is 0.829. The summed E-state index contributed by atoms with van der Waals surface area (Å²) in [6.07, 6.45) is 1.53. The van der Waals surface area contributed by atoms with Crippen molar-refractivity contribution in [1.82, 2.24) is 14.9 Å². The summed E-state index contributed by atoms with van der Waals surface area (Å²) in [5.74, 6) is 3.01. The van der Waals surface area contributed by atoms with E-state index in [1.807, 2.05) is 17.9 Å². The highest BCUT2D eigenvalue weighted by Gasteiger charge is 2.25. The number of carbonyl (C=O) groups excluding carboxylic acids is 1. The van der Waals surface area contributed by atoms with Crippen molar-refractivity contribution in [3.05, 3.63) is 36.0 Å². The summed E-state index contributed by atoms with van der Waals surface area (Å²) < 4.78 is 5.21. The van der Waals surface area contributed by atoms with Gasteiger partial charge in [-0.3, -0.25) is 4.79 Å². The summed E-state index contributed by atoms with van der Waals surface area (Å²) in [5, 5.41) is 0. The summed E-state index contributed by atoms with van der Waals surface area (Å²) in [5.41, 5.74) is 0. The molecule has 1 saturated heterocycles. The fraction of sp³-hybridized carbons (Fsp3) is 0.500. The summed E-state index contributed by atoms with van der Waals surface area (Å²) in [7, 11) is 0. The fourth-order valence-corrected chi connectivity index (χ4v) is 3.10. The Kier molecular flexibility index (Phi) is 5.21. The Balaban J connectivity index is 1.69. The number of furan rings is 1. The van der Waals surface area contributed by atoms with Crippen LogP contribution in [-0.4, -0.2) is 60.0 Å². The maximum atomic E-state index is 12.4. The van der Waals surface area contributed by atoms with Crippen molar-refractivity contribution in [1.29, 1.82) is 0 Å². The Morgan fingerprint density at radius 1 is 1.20 bits per heavy atom. The van der Waals surface area contributed by atoms with Gasteiger partial charge in [-0.15, -0.1) is 0 Å². The van der Waals surface area contributed by atoms with Crippen molar-refractivity contribution in [2.45, 2.75) is 20.8 Å². The molecule has 2 aromatic rings. The number of hydrogen-bond acceptors (Lipinski definition) is 6. The second-order valence-corrected chi connectivity index (χ2v) is 6.06. The van der Waals surface area contributed by atoms with Crippen LogP contribution in [0.3, 0.4) is 0 Å². The first kappa shape index (κ1) is 17.3. The highest BCUT2D eigenvalue weighted by molar-refractivity contribution is 5.91. The molecule has 1 fully saturated rings. The highest BCUT2D eigenvalue weighted by Crippen LogP contribution is 2.21. The first-order valence-electron chi connectivity index (χ1n) is 8.80. The van der Waals surface area contributed by atoms with Crippen LogP contribution in [-0.2, 0) is 0 Å². The number of amides is 1. The van der Waals surface area contributed by atoms with E-state index in [-0.39, 0.29) is 5.91 Å². The van der Waals surface area contributed by atoms with Gasteiger partial charge >= 0.3 is 0 Å². The highest BCUT2D eigenvalue weighted by atomic mass is 16.3. The van der Waals surface area contributed by atoms with Crippen LogP contribution < -0.4 is 9.80 Å². The van der Waals surface area contributed by atoms with Crippen LogP contribution in [0.15, 0.2) is 28.9 Å². The van der Waals surface area contributed by atoms with E-state index < -0.39 is 0 Å². The lowest BCUT2D eigenvalue weighted by molar-refractivity contribution is 0.0714. The predicted octanol–water partition coefficient (Wildman–Crippen LogP) is 2.19. The molecule has 3 heterocycles. The third-order valence-electron chi connectivity index (χ3n) is 4.52. The van der Waals surface area contributed by atoms with Crippen LogP contribution in [0.1, 0.15) is 30.2 Å². The molecule has 25 heavy (non-hydrogen) atoms. The monoisotopic (exact) mass is 343 g/mol. The lowest BCUT2D eigenvalue weighted by Gasteiger charge is -2.35. The number of aryl methyl sites for hydroxylation is 1. The van der Waals surface area contributed by atoms with Crippen molar-refractivity contribution < 1.29 is 9.21 Å². The number of nitrogens with zero attached hydrogens (tertiary/aromatic N) is 5. The van der Waals surface area contributed by atoms with Crippen molar-refractivity contribution in [3.8, 4) is 0 Å². The standard InChI is InChI=1S/C18H25N5O2/c1-4-21(5-2)16-13-17(20-14(3)19-16)22-8-10-23(11-9-22)18(24)15-7-6-12-25-15/h6-7,12-13H,4-5,8-11H2,1-3H3. The van der Waals surface area contributed by atoms with E-state index in [9.17, 15) is 4.79 Å². The number of hydrogen-bond donors (Lipinski definition) is 0. The minimum atomic E-state index is -0.0488. The van der Waals surface area contributed by atoms with Crippen molar-refractivity contribution in [2.24, 2.45) is 0 Å². The van der Waals surface area contributed by atoms with Crippen LogP contribution in [0.4, 0.5) is 11.6 Å². The first-order valence-corrected chi connectivity index (χ1v) is 8.80. The molecule has 0 unspecified atom stereocenters. The Morgan fingerprint density at radius 3 is 2.52 bits per heavy atom. The minimum Gasteiger partial charge on any atom is -0.459 e. The minimum absolute atomic E-state index is 0.0488. The van der Waals surface area contributed by atoms with E-state index in [0.29, 0.717) is 18.8 Å². The van der Waals surface area contributed by atoms with E-state index in [2.05, 4.69) is 33.6 Å². The van der Waals surface area contributed by atoms with E-state index >= 15 is 0 Å². The van der Waals surface area contributed by atoms with E-state index in [0.717, 1.165) is 43.6 Å². The van der Waals surface area contributed by atoms with Crippen LogP contribution in [0.5, 0.6) is 0 Å². The Bertz CT molecular complexity index is 704. The largest absolute Gasteiger partial charge is 0.459 e. The van der Waals surface area contributed by atoms with Crippen LogP contribution in [0, 0.1) is 6.92 Å². The molecule has 0 spiro atoms. The van der Waals surface area contributed by atoms with Gasteiger partial charge in [0.25, 0.3) is 5.91 Å². The average Bonchev–Trinajstić information content (AvgIpc) is 3.16. The van der Waals surface area contributed by atoms with Crippen molar-refractivity contribution >= 4 is 17.5 Å². The Labute approximate surface area is 148 Å². The lowest BCUT2D eigenvalue weighted by Crippen LogP contribution is -2.49. The van der Waals surface area contributed by atoms with Gasteiger partial charge in [0, 0.05) is 45.3 Å². The van der Waals surface area contributed by atoms with Crippen molar-refractivity contribution in [3.63, 3.8) is 0 Å². The van der Waals surface area contributed by atoms with Gasteiger partial charge < -0.3 is 19.1 Å². The molecular formula is C18H25N5O2. The van der Waals surface area contributed by atoms with E-state index in [1.54, 1.807) is 12.1 Å². The second-order valence-electron chi connectivity index (χ2n) is 6.06. The van der Waals surface area contributed by atoms with Gasteiger partial charge in [0.2, 0.25) is 0 Å². The molecule has 0 saturated carbocycles. The zero-order chi connectivity index (χ0) is 17.8. The first-order chi connectivity index (χ1) is 12.1. The van der Waals surface area contributed by atoms with Gasteiger partial charge in [-0.2, -0.15) is 0 Å². The zero-order valence-corrected chi connectivity index (χ0v) is 15.1. The van der Waals surface area contributed by atoms with Gasteiger partial charge in [0.1, 0.15) is 17.5 Å². The number of piperazine rings is 1. The molecule has 0 aromatic carbocycles. The molecule has 1 aliphatic rings. The molecule has 1 amide bonds. The Morgan fingerprint density at radius 2 is 1.92 bits per heavy atom. The van der Waals surface area contributed by atoms with Gasteiger partial charge in [-0.1, -0.05) is 0 Å². The molecular weight excluding hydrogens is 318 g/mol. The number of rotatable bonds is 5. The summed E-state index contributed by atoms with van der Waals surface area (Å²) in [6.45, 7) is 10.8. The molecule has 0 bridgehead atoms. The van der Waals surface area contributed by atoms with E-state index in [4.69, 9.17) is 4.42 Å². The molecule has 0 aliphatic carbocycles. The number of carbonyl (C=O) groups is 1. The molecule has 2 aromatic heterocycles. The molecule has 0 radical (unpaired) electrons. The lowest BCUT2D eigenvalue weighted by atomic mass is 10.2. The molecule has 7 heteroatoms. The molecule has 134 valence electrons. The second kappa shape index (κ2) is 7.55. The van der Waals surface area contributed by atoms with Gasteiger partial charge in [-0.25, -0.2) is 9.97 Å². The molecule has 1 aliphatic heterocycles. The van der Waals surface area contributed by atoms with Crippen molar-refractivity contribution in [2.75, 3.05) is 49.1 Å². The normalized spacial score (nSPS) is 14.7. The fourth-order valence-electron chi connectivity index (χ4n) is 3.10. The number of aromatic nitrogens is 2. The Hall–Kier alpha value is -2.57. The zero-order valence-electron chi connectivity index (χ0n) is 15.1. The summed E-state index contributed by atoms with van der Waals surface area (Å²) in [6, 6.07) is 5.49. The summed E-state index contributed by atoms with van der Waals surface area (Å²) in [4.78, 5) is 27.8. The van der Waals surface area contributed by atoms with Crippen LogP contribution in [0.2, 0.25) is 0 Å². The van der Waals surface area contributed by atoms with E-state index in [1.165, 1.54) is 6.26 Å². The topological polar surface area (TPSA) is 65.7 Å². The predicted molar refractivity (Wildman–Crippen MR) is 97.2 cm³/mol. The third kappa shape index (κ3) is 3.75. The van der Waals surface area contributed by atoms with Gasteiger partial charge in [0.05, 0.1) is 6.26 Å². The SMILES string of the molecule is CCN(CC)c1cc(N2CCN(C(=O)c3ccco3)CC2)nc(C)n1. The third-order valence-corrected chi connectivity index (χ3v) is 4.52. The smallest absolute Gasteiger partial charge is 0.289 e. The molecule has 7 nitrogen and oxygen atoms in total.